The topological polar surface area (TPSA) is 80.6 Å². The number of para-hydroxylation sites is 1. The first-order valence-electron chi connectivity index (χ1n) is 12.5. The number of ether oxygens (including phenoxy) is 2. The summed E-state index contributed by atoms with van der Waals surface area (Å²) >= 11 is 6.36. The molecule has 9 heteroatoms. The van der Waals surface area contributed by atoms with Crippen molar-refractivity contribution in [1.82, 2.24) is 15.0 Å². The number of carbonyl (C=O) groups is 1. The van der Waals surface area contributed by atoms with Crippen LogP contribution >= 0.6 is 11.6 Å². The average molecular weight is 546 g/mol. The van der Waals surface area contributed by atoms with Crippen molar-refractivity contribution in [3.05, 3.63) is 99.6 Å². The molecule has 0 radical (unpaired) electrons. The van der Waals surface area contributed by atoms with Gasteiger partial charge in [0.25, 0.3) is 5.91 Å². The van der Waals surface area contributed by atoms with Crippen LogP contribution in [0.1, 0.15) is 39.0 Å². The highest BCUT2D eigenvalue weighted by atomic mass is 35.5. The Morgan fingerprint density at radius 3 is 2.72 bits per heavy atom. The fourth-order valence-electron chi connectivity index (χ4n) is 5.49. The van der Waals surface area contributed by atoms with Gasteiger partial charge in [0.05, 0.1) is 24.8 Å². The standard InChI is InChI=1S/C30H25ClFN3O4/c1-16-25(28(34-39-16)26-21(31)8-6-9-22(26)32)30(36)35-14-13-18-20-15-17(37-2)11-12-23(20)33-27(18)29(35)19-7-4-5-10-24(19)38-3/h4-12,15,29,33H,13-14H2,1-3H3. The fraction of sp³-hybridized carbons (Fsp3) is 0.200. The monoisotopic (exact) mass is 545 g/mol. The summed E-state index contributed by atoms with van der Waals surface area (Å²) in [6, 6.07) is 17.3. The van der Waals surface area contributed by atoms with Crippen molar-refractivity contribution >= 4 is 28.4 Å². The molecule has 1 aliphatic rings. The minimum atomic E-state index is -0.586. The number of carbonyl (C=O) groups excluding carboxylic acids is 1. The molecule has 2 aromatic heterocycles. The molecular weight excluding hydrogens is 521 g/mol. The van der Waals surface area contributed by atoms with Gasteiger partial charge < -0.3 is 23.9 Å². The van der Waals surface area contributed by atoms with Crippen molar-refractivity contribution in [2.75, 3.05) is 20.8 Å². The molecule has 1 aliphatic heterocycles. The third-order valence-corrected chi connectivity index (χ3v) is 7.62. The Hall–Kier alpha value is -4.30. The van der Waals surface area contributed by atoms with E-state index in [2.05, 4.69) is 10.1 Å². The van der Waals surface area contributed by atoms with Crippen molar-refractivity contribution in [3.63, 3.8) is 0 Å². The van der Waals surface area contributed by atoms with Gasteiger partial charge in [0.1, 0.15) is 40.4 Å². The van der Waals surface area contributed by atoms with E-state index in [-0.39, 0.29) is 33.5 Å². The molecule has 39 heavy (non-hydrogen) atoms. The molecule has 5 aromatic rings. The van der Waals surface area contributed by atoms with Gasteiger partial charge in [0.2, 0.25) is 0 Å². The normalized spacial score (nSPS) is 14.9. The minimum Gasteiger partial charge on any atom is -0.497 e. The Morgan fingerprint density at radius 2 is 1.95 bits per heavy atom. The molecule has 3 heterocycles. The van der Waals surface area contributed by atoms with Crippen LogP contribution < -0.4 is 9.47 Å². The molecule has 1 amide bonds. The molecule has 1 N–H and O–H groups in total. The first kappa shape index (κ1) is 25.0. The third-order valence-electron chi connectivity index (χ3n) is 7.30. The minimum absolute atomic E-state index is 0.0311. The Bertz CT molecular complexity index is 1710. The molecule has 0 bridgehead atoms. The molecule has 0 saturated heterocycles. The molecule has 7 nitrogen and oxygen atoms in total. The lowest BCUT2D eigenvalue weighted by Crippen LogP contribution is -2.41. The van der Waals surface area contributed by atoms with Gasteiger partial charge in [-0.1, -0.05) is 41.0 Å². The number of H-pyrrole nitrogens is 1. The second-order valence-electron chi connectivity index (χ2n) is 9.38. The molecule has 198 valence electrons. The zero-order chi connectivity index (χ0) is 27.3. The van der Waals surface area contributed by atoms with E-state index in [9.17, 15) is 9.18 Å². The first-order chi connectivity index (χ1) is 18.9. The second-order valence-corrected chi connectivity index (χ2v) is 9.79. The Labute approximate surface area is 229 Å². The van der Waals surface area contributed by atoms with Crippen LogP contribution in [0, 0.1) is 12.7 Å². The number of nitrogens with one attached hydrogen (secondary N) is 1. The summed E-state index contributed by atoms with van der Waals surface area (Å²) in [6.45, 7) is 2.04. The second kappa shape index (κ2) is 9.78. The predicted octanol–water partition coefficient (Wildman–Crippen LogP) is 6.73. The fourth-order valence-corrected chi connectivity index (χ4v) is 5.74. The number of aryl methyl sites for hydroxylation is 1. The molecule has 3 aromatic carbocycles. The zero-order valence-corrected chi connectivity index (χ0v) is 22.3. The van der Waals surface area contributed by atoms with E-state index >= 15 is 0 Å². The molecule has 1 unspecified atom stereocenters. The highest BCUT2D eigenvalue weighted by molar-refractivity contribution is 6.33. The van der Waals surface area contributed by atoms with Gasteiger partial charge in [-0.3, -0.25) is 4.79 Å². The van der Waals surface area contributed by atoms with E-state index in [1.165, 1.54) is 12.1 Å². The van der Waals surface area contributed by atoms with Crippen molar-refractivity contribution in [2.45, 2.75) is 19.4 Å². The number of fused-ring (bicyclic) bond motifs is 3. The summed E-state index contributed by atoms with van der Waals surface area (Å²) in [5.41, 5.74) is 4.01. The van der Waals surface area contributed by atoms with E-state index in [0.717, 1.165) is 33.5 Å². The first-order valence-corrected chi connectivity index (χ1v) is 12.8. The average Bonchev–Trinajstić information content (AvgIpc) is 3.51. The van der Waals surface area contributed by atoms with E-state index < -0.39 is 11.9 Å². The number of rotatable bonds is 5. The number of aromatic amines is 1. The predicted molar refractivity (Wildman–Crippen MR) is 146 cm³/mol. The highest BCUT2D eigenvalue weighted by Gasteiger charge is 2.39. The van der Waals surface area contributed by atoms with Gasteiger partial charge >= 0.3 is 0 Å². The number of halogens is 2. The summed E-state index contributed by atoms with van der Waals surface area (Å²) in [4.78, 5) is 19.7. The quantitative estimate of drug-likeness (QED) is 0.265. The van der Waals surface area contributed by atoms with E-state index in [4.69, 9.17) is 25.6 Å². The largest absolute Gasteiger partial charge is 0.497 e. The maximum atomic E-state index is 14.9. The molecule has 0 aliphatic carbocycles. The summed E-state index contributed by atoms with van der Waals surface area (Å²) in [5, 5.41) is 5.24. The van der Waals surface area contributed by atoms with Crippen molar-refractivity contribution in [2.24, 2.45) is 0 Å². The number of hydrogen-bond acceptors (Lipinski definition) is 5. The van der Waals surface area contributed by atoms with Gasteiger partial charge in [-0.25, -0.2) is 4.39 Å². The van der Waals surface area contributed by atoms with Crippen LogP contribution in [-0.4, -0.2) is 41.7 Å². The summed E-state index contributed by atoms with van der Waals surface area (Å²) in [6.07, 6.45) is 0.597. The summed E-state index contributed by atoms with van der Waals surface area (Å²) in [5.74, 6) is 0.740. The molecule has 0 spiro atoms. The number of aromatic nitrogens is 2. The Kier molecular flexibility index (Phi) is 6.27. The van der Waals surface area contributed by atoms with Crippen LogP contribution in [-0.2, 0) is 6.42 Å². The van der Waals surface area contributed by atoms with E-state index in [1.807, 2.05) is 42.5 Å². The van der Waals surface area contributed by atoms with Crippen molar-refractivity contribution < 1.29 is 23.2 Å². The Morgan fingerprint density at radius 1 is 1.13 bits per heavy atom. The van der Waals surface area contributed by atoms with Gasteiger partial charge in [-0.2, -0.15) is 0 Å². The van der Waals surface area contributed by atoms with Gasteiger partial charge in [0.15, 0.2) is 0 Å². The number of amides is 1. The van der Waals surface area contributed by atoms with Gasteiger partial charge in [-0.05, 0) is 55.3 Å². The summed E-state index contributed by atoms with van der Waals surface area (Å²) in [7, 11) is 3.24. The maximum Gasteiger partial charge on any atom is 0.260 e. The van der Waals surface area contributed by atoms with E-state index in [0.29, 0.717) is 18.7 Å². The highest BCUT2D eigenvalue weighted by Crippen LogP contribution is 2.44. The molecule has 0 saturated carbocycles. The lowest BCUT2D eigenvalue weighted by atomic mass is 9.90. The van der Waals surface area contributed by atoms with Crippen LogP contribution in [0.4, 0.5) is 4.39 Å². The number of methoxy groups -OCH3 is 2. The maximum absolute atomic E-state index is 14.9. The van der Waals surface area contributed by atoms with Crippen LogP contribution in [0.3, 0.4) is 0 Å². The Balaban J connectivity index is 1.54. The SMILES string of the molecule is COc1ccc2[nH]c3c(c2c1)CCN(C(=O)c1c(-c2c(F)cccc2Cl)noc1C)C3c1ccccc1OC. The summed E-state index contributed by atoms with van der Waals surface area (Å²) < 4.78 is 31.5. The van der Waals surface area contributed by atoms with Crippen LogP contribution in [0.25, 0.3) is 22.2 Å². The van der Waals surface area contributed by atoms with Crippen molar-refractivity contribution in [1.29, 1.82) is 0 Å². The van der Waals surface area contributed by atoms with Crippen molar-refractivity contribution in [3.8, 4) is 22.8 Å². The third kappa shape index (κ3) is 4.03. The van der Waals surface area contributed by atoms with Crippen LogP contribution in [0.5, 0.6) is 11.5 Å². The van der Waals surface area contributed by atoms with Crippen LogP contribution in [0.15, 0.2) is 65.2 Å². The lowest BCUT2D eigenvalue weighted by Gasteiger charge is -2.36. The van der Waals surface area contributed by atoms with E-state index in [1.54, 1.807) is 32.1 Å². The molecular formula is C30H25ClFN3O4. The number of hydrogen-bond donors (Lipinski definition) is 1. The number of benzene rings is 3. The van der Waals surface area contributed by atoms with Gasteiger partial charge in [-0.15, -0.1) is 0 Å². The smallest absolute Gasteiger partial charge is 0.260 e. The lowest BCUT2D eigenvalue weighted by molar-refractivity contribution is 0.0689. The van der Waals surface area contributed by atoms with Crippen LogP contribution in [0.2, 0.25) is 5.02 Å². The molecule has 0 fully saturated rings. The number of nitrogens with zero attached hydrogens (tertiary/aromatic N) is 2. The zero-order valence-electron chi connectivity index (χ0n) is 21.5. The molecule has 1 atom stereocenters. The van der Waals surface area contributed by atoms with Gasteiger partial charge in [0, 0.05) is 28.7 Å². The molecule has 6 rings (SSSR count).